The van der Waals surface area contributed by atoms with Gasteiger partial charge in [0.15, 0.2) is 0 Å². The van der Waals surface area contributed by atoms with Crippen molar-refractivity contribution in [2.45, 2.75) is 27.7 Å². The van der Waals surface area contributed by atoms with E-state index in [4.69, 9.17) is 0 Å². The summed E-state index contributed by atoms with van der Waals surface area (Å²) in [4.78, 5) is 4.84. The van der Waals surface area contributed by atoms with Crippen molar-refractivity contribution in [1.29, 1.82) is 0 Å². The van der Waals surface area contributed by atoms with Crippen molar-refractivity contribution in [3.8, 4) is 0 Å². The lowest BCUT2D eigenvalue weighted by Gasteiger charge is -2.28. The Labute approximate surface area is 349 Å². The van der Waals surface area contributed by atoms with Crippen molar-refractivity contribution in [1.82, 2.24) is 0 Å². The smallest absolute Gasteiger partial charge is 0.0540 e. The van der Waals surface area contributed by atoms with Crippen molar-refractivity contribution in [3.05, 3.63) is 204 Å². The van der Waals surface area contributed by atoms with Crippen molar-refractivity contribution < 1.29 is 0 Å². The summed E-state index contributed by atoms with van der Waals surface area (Å²) in [5.41, 5.74) is 12.0. The normalized spacial score (nSPS) is 12.0. The van der Waals surface area contributed by atoms with E-state index in [0.29, 0.717) is 0 Å². The molecule has 0 saturated heterocycles. The van der Waals surface area contributed by atoms with Gasteiger partial charge in [-0.15, -0.1) is 0 Å². The highest BCUT2D eigenvalue weighted by atomic mass is 15.1. The van der Waals surface area contributed by atoms with Crippen molar-refractivity contribution in [2.75, 3.05) is 9.80 Å². The third-order valence-electron chi connectivity index (χ3n) is 13.0. The molecular weight excluding hydrogens is 725 g/mol. The Morgan fingerprint density at radius 2 is 0.450 bits per heavy atom. The van der Waals surface area contributed by atoms with Gasteiger partial charge in [0.2, 0.25) is 0 Å². The highest BCUT2D eigenvalue weighted by molar-refractivity contribution is 6.43. The van der Waals surface area contributed by atoms with Crippen LogP contribution in [0.3, 0.4) is 0 Å². The lowest BCUT2D eigenvalue weighted by molar-refractivity contribution is 1.28. The minimum absolute atomic E-state index is 1.15. The molecule has 0 aliphatic rings. The highest BCUT2D eigenvalue weighted by Crippen LogP contribution is 2.51. The number of hydrogen-bond acceptors (Lipinski definition) is 2. The van der Waals surface area contributed by atoms with E-state index in [0.717, 1.165) is 22.7 Å². The molecule has 2 nitrogen and oxygen atoms in total. The third kappa shape index (κ3) is 5.07. The van der Waals surface area contributed by atoms with Crippen LogP contribution in [0.1, 0.15) is 22.3 Å². The van der Waals surface area contributed by atoms with E-state index in [9.17, 15) is 0 Å². The van der Waals surface area contributed by atoms with E-state index >= 15 is 0 Å². The average Bonchev–Trinajstić information content (AvgIpc) is 3.28. The lowest BCUT2D eigenvalue weighted by Crippen LogP contribution is -2.10. The molecular formula is C58H42N2. The first-order chi connectivity index (χ1) is 29.4. The van der Waals surface area contributed by atoms with Crippen LogP contribution in [0.2, 0.25) is 0 Å². The Morgan fingerprint density at radius 3 is 0.750 bits per heavy atom. The zero-order chi connectivity index (χ0) is 40.2. The standard InChI is InChI=1S/C58H42N2/c1-35-11-19-39(20-12-35)59(40-21-13-36(2)14-22-40)53-33-31-45-49-29-28-48-44-8-6-10-52-54(60(41-23-15-37(3)16-24-41)42-25-17-38(4)18-26-42)34-32-46(56(44)52)50-30-27-47(57(49)58(48)50)43-7-5-9-51(53)55(43)45/h5-34H,1-4H3. The summed E-state index contributed by atoms with van der Waals surface area (Å²) in [7, 11) is 0. The van der Waals surface area contributed by atoms with E-state index in [1.807, 2.05) is 0 Å². The zero-order valence-corrected chi connectivity index (χ0v) is 34.2. The molecule has 0 fully saturated rings. The predicted octanol–water partition coefficient (Wildman–Crippen LogP) is 16.8. The topological polar surface area (TPSA) is 6.48 Å². The third-order valence-corrected chi connectivity index (χ3v) is 13.0. The van der Waals surface area contributed by atoms with E-state index in [1.165, 1.54) is 109 Å². The van der Waals surface area contributed by atoms with E-state index < -0.39 is 0 Å². The first kappa shape index (κ1) is 34.6. The molecule has 0 saturated carbocycles. The molecule has 0 atom stereocenters. The summed E-state index contributed by atoms with van der Waals surface area (Å²) < 4.78 is 0. The second-order valence-corrected chi connectivity index (χ2v) is 16.8. The molecule has 12 aromatic carbocycles. The monoisotopic (exact) mass is 766 g/mol. The van der Waals surface area contributed by atoms with E-state index in [-0.39, 0.29) is 0 Å². The summed E-state index contributed by atoms with van der Waals surface area (Å²) in [5.74, 6) is 0. The van der Waals surface area contributed by atoms with Crippen molar-refractivity contribution in [3.63, 3.8) is 0 Å². The van der Waals surface area contributed by atoms with Crippen LogP contribution in [-0.2, 0) is 0 Å². The summed E-state index contributed by atoms with van der Waals surface area (Å²) in [6.45, 7) is 8.61. The molecule has 0 aromatic heterocycles. The summed E-state index contributed by atoms with van der Waals surface area (Å²) >= 11 is 0. The van der Waals surface area contributed by atoms with Gasteiger partial charge in [0.05, 0.1) is 11.4 Å². The molecule has 0 aliphatic carbocycles. The Balaban J connectivity index is 1.12. The van der Waals surface area contributed by atoms with Crippen LogP contribution in [0.5, 0.6) is 0 Å². The van der Waals surface area contributed by atoms with E-state index in [1.54, 1.807) is 0 Å². The predicted molar refractivity (Wildman–Crippen MR) is 260 cm³/mol. The number of nitrogens with zero attached hydrogens (tertiary/aromatic N) is 2. The van der Waals surface area contributed by atoms with Gasteiger partial charge in [-0.25, -0.2) is 0 Å². The van der Waals surface area contributed by atoms with Crippen LogP contribution >= 0.6 is 0 Å². The van der Waals surface area contributed by atoms with Crippen molar-refractivity contribution >= 4 is 110 Å². The maximum Gasteiger partial charge on any atom is 0.0540 e. The number of rotatable bonds is 6. The first-order valence-electron chi connectivity index (χ1n) is 21.0. The molecule has 0 heterocycles. The molecule has 0 radical (unpaired) electrons. The Bertz CT molecular complexity index is 3200. The molecule has 284 valence electrons. The van der Waals surface area contributed by atoms with Crippen LogP contribution < -0.4 is 9.80 Å². The molecule has 2 heteroatoms. The summed E-state index contributed by atoms with van der Waals surface area (Å²) in [6.07, 6.45) is 0. The van der Waals surface area contributed by atoms with Crippen LogP contribution in [0.25, 0.3) is 75.4 Å². The van der Waals surface area contributed by atoms with Crippen LogP contribution in [-0.4, -0.2) is 0 Å². The Kier molecular flexibility index (Phi) is 7.52. The van der Waals surface area contributed by atoms with Crippen LogP contribution in [0.4, 0.5) is 34.1 Å². The minimum atomic E-state index is 1.15. The second kappa shape index (κ2) is 13.0. The molecule has 0 bridgehead atoms. The molecule has 0 unspecified atom stereocenters. The SMILES string of the molecule is Cc1ccc(N(c2ccc(C)cc2)c2ccc3c4ccc5c6cccc7c(N(c8ccc(C)cc8)c8ccc(C)cc8)ccc(c8ccc(c9cccc2c93)c4c58)c76)cc1. The van der Waals surface area contributed by atoms with Gasteiger partial charge in [0, 0.05) is 33.5 Å². The van der Waals surface area contributed by atoms with Gasteiger partial charge in [0.1, 0.15) is 0 Å². The van der Waals surface area contributed by atoms with E-state index in [2.05, 4.69) is 219 Å². The molecule has 0 spiro atoms. The molecule has 0 N–H and O–H groups in total. The lowest BCUT2D eigenvalue weighted by atomic mass is 9.83. The van der Waals surface area contributed by atoms with Gasteiger partial charge in [-0.2, -0.15) is 0 Å². The fraction of sp³-hybridized carbons (Fsp3) is 0.0690. The number of aryl methyl sites for hydroxylation is 4. The molecule has 60 heavy (non-hydrogen) atoms. The molecule has 12 aromatic rings. The average molecular weight is 767 g/mol. The van der Waals surface area contributed by atoms with Crippen molar-refractivity contribution in [2.24, 2.45) is 0 Å². The Morgan fingerprint density at radius 1 is 0.217 bits per heavy atom. The fourth-order valence-corrected chi connectivity index (χ4v) is 10.1. The number of hydrogen-bond donors (Lipinski definition) is 0. The van der Waals surface area contributed by atoms with Crippen LogP contribution in [0.15, 0.2) is 182 Å². The molecule has 0 amide bonds. The van der Waals surface area contributed by atoms with Crippen LogP contribution in [0, 0.1) is 27.7 Å². The Hall–Kier alpha value is -7.42. The van der Waals surface area contributed by atoms with Gasteiger partial charge >= 0.3 is 0 Å². The first-order valence-corrected chi connectivity index (χ1v) is 21.0. The zero-order valence-electron chi connectivity index (χ0n) is 34.2. The minimum Gasteiger partial charge on any atom is -0.310 e. The van der Waals surface area contributed by atoms with Gasteiger partial charge in [-0.05, 0) is 153 Å². The van der Waals surface area contributed by atoms with Gasteiger partial charge in [-0.1, -0.05) is 144 Å². The second-order valence-electron chi connectivity index (χ2n) is 16.8. The molecule has 12 rings (SSSR count). The van der Waals surface area contributed by atoms with Gasteiger partial charge in [0.25, 0.3) is 0 Å². The maximum atomic E-state index is 2.42. The molecule has 0 aliphatic heterocycles. The number of benzene rings is 12. The van der Waals surface area contributed by atoms with Gasteiger partial charge < -0.3 is 9.80 Å². The summed E-state index contributed by atoms with van der Waals surface area (Å²) in [5, 5.41) is 18.2. The number of anilines is 6. The maximum absolute atomic E-state index is 2.42. The quantitative estimate of drug-likeness (QED) is 0.123. The highest BCUT2D eigenvalue weighted by Gasteiger charge is 2.24. The fourth-order valence-electron chi connectivity index (χ4n) is 10.1. The summed E-state index contributed by atoms with van der Waals surface area (Å²) in [6, 6.07) is 68.4. The van der Waals surface area contributed by atoms with Gasteiger partial charge in [-0.3, -0.25) is 0 Å². The number of fused-ring (bicyclic) bond motifs is 4. The largest absolute Gasteiger partial charge is 0.310 e.